The fourth-order valence-corrected chi connectivity index (χ4v) is 7.79. The zero-order valence-corrected chi connectivity index (χ0v) is 20.9. The second kappa shape index (κ2) is 11.5. The smallest absolute Gasteiger partial charge is 0.309 e. The third-order valence-electron chi connectivity index (χ3n) is 7.94. The molecule has 0 aliphatic heterocycles. The number of carbonyl (C=O) groups is 2. The Morgan fingerprint density at radius 3 is 2.42 bits per heavy atom. The van der Waals surface area contributed by atoms with Gasteiger partial charge in [-0.15, -0.1) is 0 Å². The van der Waals surface area contributed by atoms with Crippen molar-refractivity contribution in [2.45, 2.75) is 120 Å². The number of halogens is 1. The molecule has 5 unspecified atom stereocenters. The number of amides is 1. The van der Waals surface area contributed by atoms with Crippen LogP contribution < -0.4 is 10.0 Å². The van der Waals surface area contributed by atoms with Gasteiger partial charge in [0.25, 0.3) is 5.91 Å². The molecule has 0 bridgehead atoms. The zero-order valence-electron chi connectivity index (χ0n) is 20.1. The summed E-state index contributed by atoms with van der Waals surface area (Å²) in [7, 11) is -3.71. The molecule has 1 amide bonds. The van der Waals surface area contributed by atoms with Gasteiger partial charge in [0.15, 0.2) is 6.61 Å². The van der Waals surface area contributed by atoms with Crippen LogP contribution in [0.25, 0.3) is 0 Å². The summed E-state index contributed by atoms with van der Waals surface area (Å²) in [6, 6.07) is -0.210. The van der Waals surface area contributed by atoms with Crippen LogP contribution in [-0.4, -0.2) is 49.9 Å². The zero-order chi connectivity index (χ0) is 24.1. The topological polar surface area (TPSA) is 102 Å². The fourth-order valence-electron chi connectivity index (χ4n) is 5.67. The van der Waals surface area contributed by atoms with Crippen LogP contribution in [0.15, 0.2) is 0 Å². The Kier molecular flexibility index (Phi) is 9.17. The summed E-state index contributed by atoms with van der Waals surface area (Å²) in [4.78, 5) is 24.7. The molecule has 0 aromatic rings. The minimum atomic E-state index is -3.71. The molecule has 3 fully saturated rings. The maximum absolute atomic E-state index is 14.9. The van der Waals surface area contributed by atoms with Crippen LogP contribution in [0.4, 0.5) is 4.39 Å². The van der Waals surface area contributed by atoms with Crippen LogP contribution in [-0.2, 0) is 24.3 Å². The highest BCUT2D eigenvalue weighted by Crippen LogP contribution is 2.40. The number of alkyl halides is 1. The van der Waals surface area contributed by atoms with Gasteiger partial charge in [-0.05, 0) is 63.7 Å². The lowest BCUT2D eigenvalue weighted by molar-refractivity contribution is -0.154. The van der Waals surface area contributed by atoms with E-state index in [4.69, 9.17) is 4.74 Å². The van der Waals surface area contributed by atoms with Crippen molar-refractivity contribution in [3.05, 3.63) is 0 Å². The summed E-state index contributed by atoms with van der Waals surface area (Å²) in [5.74, 6) is -1.27. The van der Waals surface area contributed by atoms with E-state index in [1.807, 2.05) is 6.92 Å². The molecule has 3 saturated carbocycles. The molecule has 0 aromatic carbocycles. The molecular weight excluding hydrogens is 447 g/mol. The first-order valence-corrected chi connectivity index (χ1v) is 14.3. The average molecular weight is 489 g/mol. The lowest BCUT2D eigenvalue weighted by Crippen LogP contribution is -2.50. The van der Waals surface area contributed by atoms with Crippen molar-refractivity contribution >= 4 is 21.9 Å². The molecule has 0 radical (unpaired) electrons. The van der Waals surface area contributed by atoms with E-state index in [1.54, 1.807) is 6.92 Å². The summed E-state index contributed by atoms with van der Waals surface area (Å²) >= 11 is 0. The summed E-state index contributed by atoms with van der Waals surface area (Å²) in [6.45, 7) is 3.34. The summed E-state index contributed by atoms with van der Waals surface area (Å²) in [5.41, 5.74) is -1.43. The highest BCUT2D eigenvalue weighted by Gasteiger charge is 2.45. The highest BCUT2D eigenvalue weighted by molar-refractivity contribution is 7.90. The Balaban J connectivity index is 1.48. The predicted molar refractivity (Wildman–Crippen MR) is 125 cm³/mol. The van der Waals surface area contributed by atoms with Gasteiger partial charge in [-0.1, -0.05) is 39.5 Å². The van der Waals surface area contributed by atoms with E-state index in [0.717, 1.165) is 25.7 Å². The number of hydrogen-bond acceptors (Lipinski definition) is 5. The first-order chi connectivity index (χ1) is 15.6. The Morgan fingerprint density at radius 2 is 1.73 bits per heavy atom. The first-order valence-electron chi connectivity index (χ1n) is 12.8. The summed E-state index contributed by atoms with van der Waals surface area (Å²) < 4.78 is 49.2. The Hall–Kier alpha value is -1.22. The van der Waals surface area contributed by atoms with Gasteiger partial charge in [-0.3, -0.25) is 9.59 Å². The van der Waals surface area contributed by atoms with Gasteiger partial charge in [0, 0.05) is 12.1 Å². The third-order valence-corrected chi connectivity index (χ3v) is 10.0. The van der Waals surface area contributed by atoms with Gasteiger partial charge in [0.1, 0.15) is 5.67 Å². The van der Waals surface area contributed by atoms with E-state index < -0.39 is 32.8 Å². The number of sulfonamides is 1. The monoisotopic (exact) mass is 488 g/mol. The highest BCUT2D eigenvalue weighted by atomic mass is 32.2. The SMILES string of the molecule is CCC1(F)CCC(C)C(S(=O)(=O)NC2CCCC(C(=O)OCC(=O)NC3CCCCC3)C2)C1. The molecule has 7 nitrogen and oxygen atoms in total. The lowest BCUT2D eigenvalue weighted by atomic mass is 9.79. The molecule has 5 atom stereocenters. The van der Waals surface area contributed by atoms with Crippen LogP contribution in [0.3, 0.4) is 0 Å². The Bertz CT molecular complexity index is 786. The molecule has 0 heterocycles. The number of ether oxygens (including phenoxy) is 1. The van der Waals surface area contributed by atoms with Crippen LogP contribution in [0.1, 0.15) is 97.3 Å². The van der Waals surface area contributed by atoms with E-state index in [9.17, 15) is 22.4 Å². The maximum atomic E-state index is 14.9. The molecule has 190 valence electrons. The van der Waals surface area contributed by atoms with Crippen molar-refractivity contribution < 1.29 is 27.1 Å². The van der Waals surface area contributed by atoms with E-state index >= 15 is 0 Å². The van der Waals surface area contributed by atoms with Crippen molar-refractivity contribution in [3.63, 3.8) is 0 Å². The minimum Gasteiger partial charge on any atom is -0.455 e. The number of nitrogens with one attached hydrogen (secondary N) is 2. The Morgan fingerprint density at radius 1 is 1.03 bits per heavy atom. The normalized spacial score (nSPS) is 33.9. The van der Waals surface area contributed by atoms with Gasteiger partial charge in [0.2, 0.25) is 10.0 Å². The number of esters is 1. The van der Waals surface area contributed by atoms with Crippen LogP contribution in [0.5, 0.6) is 0 Å². The molecule has 9 heteroatoms. The van der Waals surface area contributed by atoms with Gasteiger partial charge in [-0.2, -0.15) is 0 Å². The van der Waals surface area contributed by atoms with Gasteiger partial charge in [0.05, 0.1) is 11.2 Å². The maximum Gasteiger partial charge on any atom is 0.309 e. The first kappa shape index (κ1) is 26.4. The van der Waals surface area contributed by atoms with E-state index in [-0.39, 0.29) is 36.9 Å². The summed E-state index contributed by atoms with van der Waals surface area (Å²) in [6.07, 6.45) is 8.93. The van der Waals surface area contributed by atoms with Gasteiger partial charge in [-0.25, -0.2) is 17.5 Å². The number of hydrogen-bond donors (Lipinski definition) is 2. The van der Waals surface area contributed by atoms with Gasteiger partial charge < -0.3 is 10.1 Å². The minimum absolute atomic E-state index is 0.0221. The third kappa shape index (κ3) is 7.38. The van der Waals surface area contributed by atoms with Crippen molar-refractivity contribution in [2.24, 2.45) is 11.8 Å². The van der Waals surface area contributed by atoms with Crippen molar-refractivity contribution in [3.8, 4) is 0 Å². The predicted octanol–water partition coefficient (Wildman–Crippen LogP) is 3.76. The average Bonchev–Trinajstić information content (AvgIpc) is 2.79. The van der Waals surface area contributed by atoms with Crippen molar-refractivity contribution in [1.82, 2.24) is 10.0 Å². The quantitative estimate of drug-likeness (QED) is 0.507. The second-order valence-electron chi connectivity index (χ2n) is 10.5. The molecule has 3 rings (SSSR count). The van der Waals surface area contributed by atoms with Crippen molar-refractivity contribution in [1.29, 1.82) is 0 Å². The van der Waals surface area contributed by atoms with Gasteiger partial charge >= 0.3 is 5.97 Å². The van der Waals surface area contributed by atoms with Crippen LogP contribution in [0, 0.1) is 11.8 Å². The molecule has 0 saturated heterocycles. The molecule has 33 heavy (non-hydrogen) atoms. The van der Waals surface area contributed by atoms with Crippen LogP contribution in [0.2, 0.25) is 0 Å². The molecule has 3 aliphatic rings. The fraction of sp³-hybridized carbons (Fsp3) is 0.917. The van der Waals surface area contributed by atoms with E-state index in [2.05, 4.69) is 10.0 Å². The second-order valence-corrected chi connectivity index (χ2v) is 12.4. The largest absolute Gasteiger partial charge is 0.455 e. The molecule has 3 aliphatic carbocycles. The standard InChI is InChI=1S/C24H41FN2O5S/c1-3-24(25)13-12-17(2)21(15-24)33(30,31)27-20-11-7-8-18(14-20)23(29)32-16-22(28)26-19-9-5-4-6-10-19/h17-21,27H,3-16H2,1-2H3,(H,26,28). The summed E-state index contributed by atoms with van der Waals surface area (Å²) in [5, 5.41) is 2.17. The van der Waals surface area contributed by atoms with E-state index in [1.165, 1.54) is 6.42 Å². The molecule has 0 spiro atoms. The van der Waals surface area contributed by atoms with E-state index in [0.29, 0.717) is 44.9 Å². The Labute approximate surface area is 198 Å². The van der Waals surface area contributed by atoms with Crippen LogP contribution >= 0.6 is 0 Å². The number of carbonyl (C=O) groups excluding carboxylic acids is 2. The number of rotatable bonds is 8. The lowest BCUT2D eigenvalue weighted by Gasteiger charge is -2.39. The molecule has 0 aromatic heterocycles. The molecular formula is C24H41FN2O5S. The molecule has 2 N–H and O–H groups in total. The van der Waals surface area contributed by atoms with Crippen molar-refractivity contribution in [2.75, 3.05) is 6.61 Å².